The predicted molar refractivity (Wildman–Crippen MR) is 71.2 cm³/mol. The van der Waals surface area contributed by atoms with Gasteiger partial charge in [-0.25, -0.2) is 0 Å². The molecule has 2 atom stereocenters. The maximum atomic E-state index is 5.93. The summed E-state index contributed by atoms with van der Waals surface area (Å²) in [5.41, 5.74) is 6.91. The smallest absolute Gasteiger partial charge is 0.0669 e. The fraction of sp³-hybridized carbons (Fsp3) is 0.615. The van der Waals surface area contributed by atoms with Gasteiger partial charge in [0.25, 0.3) is 0 Å². The molecule has 2 heterocycles. The first-order valence-electron chi connectivity index (χ1n) is 6.25. The highest BCUT2D eigenvalue weighted by Crippen LogP contribution is 2.24. The average molecular weight is 252 g/mol. The third kappa shape index (κ3) is 3.69. The summed E-state index contributed by atoms with van der Waals surface area (Å²) >= 11 is 1.82. The maximum absolute atomic E-state index is 5.93. The Bertz CT molecular complexity index is 336. The van der Waals surface area contributed by atoms with Crippen LogP contribution in [0.3, 0.4) is 0 Å². The number of hydrogen-bond donors (Lipinski definition) is 1. The topological polar surface area (TPSA) is 48.1 Å². The summed E-state index contributed by atoms with van der Waals surface area (Å²) in [7, 11) is 0. The van der Waals surface area contributed by atoms with Crippen LogP contribution in [0.4, 0.5) is 0 Å². The van der Waals surface area contributed by atoms with Gasteiger partial charge in [0.15, 0.2) is 0 Å². The minimum atomic E-state index is 0.0622. The first-order chi connectivity index (χ1) is 8.29. The average Bonchev–Trinajstić information content (AvgIpc) is 2.89. The minimum absolute atomic E-state index is 0.0622. The van der Waals surface area contributed by atoms with Crippen molar-refractivity contribution >= 4 is 11.8 Å². The van der Waals surface area contributed by atoms with Crippen LogP contribution in [0.15, 0.2) is 23.2 Å². The van der Waals surface area contributed by atoms with Crippen molar-refractivity contribution in [3.63, 3.8) is 0 Å². The lowest BCUT2D eigenvalue weighted by Crippen LogP contribution is -2.10. The van der Waals surface area contributed by atoms with Crippen molar-refractivity contribution < 1.29 is 4.74 Å². The Balaban J connectivity index is 1.84. The van der Waals surface area contributed by atoms with Crippen LogP contribution < -0.4 is 5.73 Å². The quantitative estimate of drug-likeness (QED) is 0.819. The number of pyridine rings is 1. The van der Waals surface area contributed by atoms with E-state index in [2.05, 4.69) is 18.0 Å². The maximum Gasteiger partial charge on any atom is 0.0669 e. The van der Waals surface area contributed by atoms with Crippen LogP contribution in [0.1, 0.15) is 37.9 Å². The van der Waals surface area contributed by atoms with Crippen LogP contribution >= 0.6 is 11.8 Å². The van der Waals surface area contributed by atoms with E-state index in [1.807, 2.05) is 24.0 Å². The molecule has 1 aliphatic heterocycles. The van der Waals surface area contributed by atoms with E-state index in [0.717, 1.165) is 24.5 Å². The van der Waals surface area contributed by atoms with Crippen molar-refractivity contribution in [3.05, 3.63) is 24.0 Å². The third-order valence-electron chi connectivity index (χ3n) is 3.04. The molecule has 2 rings (SSSR count). The van der Waals surface area contributed by atoms with Crippen molar-refractivity contribution in [1.29, 1.82) is 0 Å². The Labute approximate surface area is 107 Å². The number of nitrogens with two attached hydrogens (primary N) is 1. The number of rotatable bonds is 5. The van der Waals surface area contributed by atoms with Crippen molar-refractivity contribution in [2.45, 2.75) is 43.2 Å². The first-order valence-corrected chi connectivity index (χ1v) is 7.24. The van der Waals surface area contributed by atoms with Gasteiger partial charge in [-0.15, -0.1) is 11.8 Å². The molecular weight excluding hydrogens is 232 g/mol. The molecule has 94 valence electrons. The lowest BCUT2D eigenvalue weighted by atomic mass is 10.1. The molecule has 1 aliphatic rings. The van der Waals surface area contributed by atoms with E-state index in [1.54, 1.807) is 0 Å². The van der Waals surface area contributed by atoms with Crippen molar-refractivity contribution in [2.75, 3.05) is 12.4 Å². The highest BCUT2D eigenvalue weighted by atomic mass is 32.2. The molecule has 0 amide bonds. The summed E-state index contributed by atoms with van der Waals surface area (Å²) in [4.78, 5) is 5.61. The molecule has 2 N–H and O–H groups in total. The van der Waals surface area contributed by atoms with Gasteiger partial charge in [-0.2, -0.15) is 0 Å². The first kappa shape index (κ1) is 12.9. The highest BCUT2D eigenvalue weighted by Gasteiger charge is 2.15. The SMILES string of the molecule is CCC(N)c1ccc(SCC2CCCO2)cn1. The zero-order chi connectivity index (χ0) is 12.1. The molecule has 0 spiro atoms. The monoisotopic (exact) mass is 252 g/mol. The predicted octanol–water partition coefficient (Wildman–Crippen LogP) is 2.76. The molecule has 0 aliphatic carbocycles. The molecule has 1 aromatic heterocycles. The Morgan fingerprint density at radius 2 is 2.47 bits per heavy atom. The van der Waals surface area contributed by atoms with Crippen LogP contribution in [0.25, 0.3) is 0 Å². The third-order valence-corrected chi connectivity index (χ3v) is 4.15. The van der Waals surface area contributed by atoms with E-state index >= 15 is 0 Å². The van der Waals surface area contributed by atoms with Gasteiger partial charge in [0, 0.05) is 29.5 Å². The van der Waals surface area contributed by atoms with Gasteiger partial charge in [-0.3, -0.25) is 4.98 Å². The lowest BCUT2D eigenvalue weighted by molar-refractivity contribution is 0.129. The molecule has 0 aromatic carbocycles. The Hall–Kier alpha value is -0.580. The number of aromatic nitrogens is 1. The molecule has 3 nitrogen and oxygen atoms in total. The van der Waals surface area contributed by atoms with Crippen LogP contribution in [-0.4, -0.2) is 23.4 Å². The number of hydrogen-bond acceptors (Lipinski definition) is 4. The highest BCUT2D eigenvalue weighted by molar-refractivity contribution is 7.99. The molecule has 0 bridgehead atoms. The second kappa shape index (κ2) is 6.38. The molecule has 0 radical (unpaired) electrons. The van der Waals surface area contributed by atoms with Gasteiger partial charge < -0.3 is 10.5 Å². The van der Waals surface area contributed by atoms with E-state index in [9.17, 15) is 0 Å². The fourth-order valence-corrected chi connectivity index (χ4v) is 2.80. The van der Waals surface area contributed by atoms with E-state index < -0.39 is 0 Å². The van der Waals surface area contributed by atoms with Crippen LogP contribution in [0, 0.1) is 0 Å². The molecule has 1 aromatic rings. The molecule has 1 fully saturated rings. The van der Waals surface area contributed by atoms with Crippen molar-refractivity contribution in [1.82, 2.24) is 4.98 Å². The summed E-state index contributed by atoms with van der Waals surface area (Å²) in [6.45, 7) is 3.00. The summed E-state index contributed by atoms with van der Waals surface area (Å²) in [5.74, 6) is 1.03. The van der Waals surface area contributed by atoms with Crippen LogP contribution in [0.2, 0.25) is 0 Å². The summed E-state index contributed by atoms with van der Waals surface area (Å²) in [6, 6.07) is 4.20. The molecule has 0 saturated carbocycles. The van der Waals surface area contributed by atoms with E-state index in [4.69, 9.17) is 10.5 Å². The van der Waals surface area contributed by atoms with E-state index in [1.165, 1.54) is 17.7 Å². The standard InChI is InChI=1S/C13H20N2OS/c1-2-12(14)13-6-5-11(8-15-13)17-9-10-4-3-7-16-10/h5-6,8,10,12H,2-4,7,9,14H2,1H3. The molecule has 2 unspecified atom stereocenters. The largest absolute Gasteiger partial charge is 0.377 e. The second-order valence-corrected chi connectivity index (χ2v) is 5.47. The zero-order valence-electron chi connectivity index (χ0n) is 10.3. The Kier molecular flexibility index (Phi) is 4.83. The summed E-state index contributed by atoms with van der Waals surface area (Å²) < 4.78 is 5.59. The fourth-order valence-electron chi connectivity index (χ4n) is 1.87. The minimum Gasteiger partial charge on any atom is -0.377 e. The zero-order valence-corrected chi connectivity index (χ0v) is 11.1. The normalized spacial score (nSPS) is 21.6. The van der Waals surface area contributed by atoms with Crippen molar-refractivity contribution in [3.8, 4) is 0 Å². The van der Waals surface area contributed by atoms with Gasteiger partial charge in [-0.1, -0.05) is 6.92 Å². The van der Waals surface area contributed by atoms with Crippen LogP contribution in [-0.2, 0) is 4.74 Å². The number of nitrogens with zero attached hydrogens (tertiary/aromatic N) is 1. The number of thioether (sulfide) groups is 1. The molecule has 1 saturated heterocycles. The second-order valence-electron chi connectivity index (χ2n) is 4.38. The van der Waals surface area contributed by atoms with Gasteiger partial charge in [0.1, 0.15) is 0 Å². The Morgan fingerprint density at radius 3 is 3.06 bits per heavy atom. The van der Waals surface area contributed by atoms with E-state index in [-0.39, 0.29) is 6.04 Å². The van der Waals surface area contributed by atoms with Gasteiger partial charge in [-0.05, 0) is 31.4 Å². The summed E-state index contributed by atoms with van der Waals surface area (Å²) in [6.07, 6.45) is 5.67. The van der Waals surface area contributed by atoms with Gasteiger partial charge in [0.2, 0.25) is 0 Å². The van der Waals surface area contributed by atoms with E-state index in [0.29, 0.717) is 6.10 Å². The molecule has 17 heavy (non-hydrogen) atoms. The molecule has 4 heteroatoms. The Morgan fingerprint density at radius 1 is 1.59 bits per heavy atom. The molecular formula is C13H20N2OS. The van der Waals surface area contributed by atoms with Gasteiger partial charge >= 0.3 is 0 Å². The van der Waals surface area contributed by atoms with Crippen molar-refractivity contribution in [2.24, 2.45) is 5.73 Å². The number of ether oxygens (including phenoxy) is 1. The van der Waals surface area contributed by atoms with Gasteiger partial charge in [0.05, 0.1) is 11.8 Å². The summed E-state index contributed by atoms with van der Waals surface area (Å²) in [5, 5.41) is 0. The van der Waals surface area contributed by atoms with Crippen LogP contribution in [0.5, 0.6) is 0 Å². The lowest BCUT2D eigenvalue weighted by Gasteiger charge is -2.10.